The van der Waals surface area contributed by atoms with Crippen molar-refractivity contribution in [3.8, 4) is 0 Å². The molecule has 0 saturated carbocycles. The number of aryl methyl sites for hydroxylation is 1. The van der Waals surface area contributed by atoms with Crippen molar-refractivity contribution < 1.29 is 4.79 Å². The Morgan fingerprint density at radius 3 is 2.32 bits per heavy atom. The molecule has 1 aliphatic heterocycles. The fourth-order valence-corrected chi connectivity index (χ4v) is 3.33. The molecule has 0 atom stereocenters. The molecule has 1 fully saturated rings. The minimum atomic E-state index is 0.0713. The van der Waals surface area contributed by atoms with E-state index in [-0.39, 0.29) is 6.03 Å². The highest BCUT2D eigenvalue weighted by molar-refractivity contribution is 5.74. The van der Waals surface area contributed by atoms with Gasteiger partial charge in [0.25, 0.3) is 0 Å². The molecular weight excluding hydrogens is 312 g/mol. The average molecular weight is 347 g/mol. The molecule has 0 unspecified atom stereocenters. The van der Waals surface area contributed by atoms with E-state index in [0.717, 1.165) is 45.8 Å². The number of nitrogens with one attached hydrogen (secondary N) is 1. The van der Waals surface area contributed by atoms with E-state index in [1.165, 1.54) is 16.9 Å². The van der Waals surface area contributed by atoms with Crippen LogP contribution in [0.1, 0.15) is 33.3 Å². The number of urea groups is 1. The number of hydrogen-bond acceptors (Lipinski definition) is 3. The van der Waals surface area contributed by atoms with Crippen molar-refractivity contribution in [2.45, 2.75) is 34.6 Å². The zero-order valence-electron chi connectivity index (χ0n) is 16.5. The maximum Gasteiger partial charge on any atom is 0.317 e. The standard InChI is InChI=1S/C20H34N4O/c1-6-22(7-2)18-8-9-19(17(5)14-18)23-10-12-24(13-11-23)20(25)21-15-16(3)4/h8-9,14,16H,6-7,10-13,15H2,1-5H3,(H,21,25). The lowest BCUT2D eigenvalue weighted by atomic mass is 10.1. The second-order valence-corrected chi connectivity index (χ2v) is 7.20. The predicted octanol–water partition coefficient (Wildman–Crippen LogP) is 3.33. The third-order valence-corrected chi connectivity index (χ3v) is 4.88. The molecule has 0 aliphatic carbocycles. The Labute approximate surface area is 153 Å². The van der Waals surface area contributed by atoms with E-state index in [2.05, 4.69) is 67.9 Å². The van der Waals surface area contributed by atoms with Gasteiger partial charge in [0.05, 0.1) is 0 Å². The zero-order chi connectivity index (χ0) is 18.4. The van der Waals surface area contributed by atoms with Gasteiger partial charge in [-0.15, -0.1) is 0 Å². The summed E-state index contributed by atoms with van der Waals surface area (Å²) in [5.41, 5.74) is 3.89. The largest absolute Gasteiger partial charge is 0.372 e. The minimum absolute atomic E-state index is 0.0713. The van der Waals surface area contributed by atoms with Crippen molar-refractivity contribution in [1.82, 2.24) is 10.2 Å². The van der Waals surface area contributed by atoms with E-state index in [0.29, 0.717) is 5.92 Å². The monoisotopic (exact) mass is 346 g/mol. The normalized spacial score (nSPS) is 14.8. The van der Waals surface area contributed by atoms with Crippen LogP contribution in [0.2, 0.25) is 0 Å². The number of amides is 2. The van der Waals surface area contributed by atoms with Crippen LogP contribution in [0, 0.1) is 12.8 Å². The molecule has 140 valence electrons. The number of carbonyl (C=O) groups is 1. The van der Waals surface area contributed by atoms with Gasteiger partial charge in [-0.3, -0.25) is 0 Å². The summed E-state index contributed by atoms with van der Waals surface area (Å²) >= 11 is 0. The summed E-state index contributed by atoms with van der Waals surface area (Å²) in [6, 6.07) is 6.81. The van der Waals surface area contributed by atoms with Crippen molar-refractivity contribution in [1.29, 1.82) is 0 Å². The molecule has 25 heavy (non-hydrogen) atoms. The van der Waals surface area contributed by atoms with Crippen LogP contribution in [0.4, 0.5) is 16.2 Å². The van der Waals surface area contributed by atoms with Crippen LogP contribution in [0.25, 0.3) is 0 Å². The van der Waals surface area contributed by atoms with Crippen molar-refractivity contribution in [2.24, 2.45) is 5.92 Å². The van der Waals surface area contributed by atoms with Crippen LogP contribution in [-0.2, 0) is 0 Å². The van der Waals surface area contributed by atoms with Gasteiger partial charge in [0, 0.05) is 57.2 Å². The Morgan fingerprint density at radius 1 is 1.16 bits per heavy atom. The quantitative estimate of drug-likeness (QED) is 0.859. The number of hydrogen-bond donors (Lipinski definition) is 1. The highest BCUT2D eigenvalue weighted by Gasteiger charge is 2.22. The molecule has 1 aromatic carbocycles. The smallest absolute Gasteiger partial charge is 0.317 e. The van der Waals surface area contributed by atoms with Gasteiger partial charge in [-0.05, 0) is 50.5 Å². The molecule has 0 spiro atoms. The maximum absolute atomic E-state index is 12.2. The Bertz CT molecular complexity index is 561. The summed E-state index contributed by atoms with van der Waals surface area (Å²) < 4.78 is 0. The SMILES string of the molecule is CCN(CC)c1ccc(N2CCN(C(=O)NCC(C)C)CC2)c(C)c1. The van der Waals surface area contributed by atoms with E-state index in [1.807, 2.05) is 4.90 Å². The topological polar surface area (TPSA) is 38.8 Å². The zero-order valence-corrected chi connectivity index (χ0v) is 16.5. The van der Waals surface area contributed by atoms with Gasteiger partial charge in [0.15, 0.2) is 0 Å². The van der Waals surface area contributed by atoms with Gasteiger partial charge in [0.2, 0.25) is 0 Å². The number of carbonyl (C=O) groups excluding carboxylic acids is 1. The van der Waals surface area contributed by atoms with Gasteiger partial charge in [-0.25, -0.2) is 4.79 Å². The van der Waals surface area contributed by atoms with Crippen molar-refractivity contribution in [3.05, 3.63) is 23.8 Å². The van der Waals surface area contributed by atoms with Gasteiger partial charge in [-0.1, -0.05) is 13.8 Å². The van der Waals surface area contributed by atoms with Crippen LogP contribution in [0.5, 0.6) is 0 Å². The first-order valence-corrected chi connectivity index (χ1v) is 9.59. The van der Waals surface area contributed by atoms with Gasteiger partial charge >= 0.3 is 6.03 Å². The van der Waals surface area contributed by atoms with Crippen molar-refractivity contribution in [3.63, 3.8) is 0 Å². The summed E-state index contributed by atoms with van der Waals surface area (Å²) in [5, 5.41) is 3.01. The van der Waals surface area contributed by atoms with Gasteiger partial charge in [-0.2, -0.15) is 0 Å². The van der Waals surface area contributed by atoms with Crippen LogP contribution in [0.15, 0.2) is 18.2 Å². The first kappa shape index (κ1) is 19.4. The second kappa shape index (κ2) is 8.97. The van der Waals surface area contributed by atoms with E-state index >= 15 is 0 Å². The molecular formula is C20H34N4O. The first-order valence-electron chi connectivity index (χ1n) is 9.59. The molecule has 2 rings (SSSR count). The van der Waals surface area contributed by atoms with Crippen molar-refractivity contribution in [2.75, 3.05) is 55.6 Å². The minimum Gasteiger partial charge on any atom is -0.372 e. The number of nitrogens with zero attached hydrogens (tertiary/aromatic N) is 3. The highest BCUT2D eigenvalue weighted by Crippen LogP contribution is 2.26. The Kier molecular flexibility index (Phi) is 6.97. The van der Waals surface area contributed by atoms with E-state index in [9.17, 15) is 4.79 Å². The molecule has 1 aromatic rings. The van der Waals surface area contributed by atoms with Crippen LogP contribution < -0.4 is 15.1 Å². The van der Waals surface area contributed by atoms with E-state index in [1.54, 1.807) is 0 Å². The van der Waals surface area contributed by atoms with Crippen LogP contribution in [0.3, 0.4) is 0 Å². The predicted molar refractivity (Wildman–Crippen MR) is 107 cm³/mol. The van der Waals surface area contributed by atoms with Gasteiger partial charge < -0.3 is 20.0 Å². The summed E-state index contributed by atoms with van der Waals surface area (Å²) in [4.78, 5) is 18.9. The molecule has 0 aromatic heterocycles. The van der Waals surface area contributed by atoms with E-state index in [4.69, 9.17) is 0 Å². The fourth-order valence-electron chi connectivity index (χ4n) is 3.33. The van der Waals surface area contributed by atoms with Crippen LogP contribution in [-0.4, -0.2) is 56.7 Å². The molecule has 1 heterocycles. The fraction of sp³-hybridized carbons (Fsp3) is 0.650. The van der Waals surface area contributed by atoms with Crippen molar-refractivity contribution >= 4 is 17.4 Å². The molecule has 5 nitrogen and oxygen atoms in total. The third kappa shape index (κ3) is 5.03. The first-order chi connectivity index (χ1) is 12.0. The van der Waals surface area contributed by atoms with Gasteiger partial charge in [0.1, 0.15) is 0 Å². The molecule has 0 radical (unpaired) electrons. The summed E-state index contributed by atoms with van der Waals surface area (Å²) in [5.74, 6) is 0.484. The molecule has 2 amide bonds. The molecule has 1 N–H and O–H groups in total. The number of benzene rings is 1. The second-order valence-electron chi connectivity index (χ2n) is 7.20. The lowest BCUT2D eigenvalue weighted by Crippen LogP contribution is -2.52. The summed E-state index contributed by atoms with van der Waals surface area (Å²) in [7, 11) is 0. The Hall–Kier alpha value is -1.91. The Morgan fingerprint density at radius 2 is 1.80 bits per heavy atom. The summed E-state index contributed by atoms with van der Waals surface area (Å²) in [6.45, 7) is 16.9. The average Bonchev–Trinajstić information content (AvgIpc) is 2.61. The van der Waals surface area contributed by atoms with E-state index < -0.39 is 0 Å². The molecule has 0 bridgehead atoms. The number of anilines is 2. The number of piperazine rings is 1. The highest BCUT2D eigenvalue weighted by atomic mass is 16.2. The molecule has 1 aliphatic rings. The molecule has 1 saturated heterocycles. The van der Waals surface area contributed by atoms with Crippen LogP contribution >= 0.6 is 0 Å². The Balaban J connectivity index is 1.95. The number of rotatable bonds is 6. The molecule has 5 heteroatoms. The lowest BCUT2D eigenvalue weighted by Gasteiger charge is -2.37. The maximum atomic E-state index is 12.2. The third-order valence-electron chi connectivity index (χ3n) is 4.88. The lowest BCUT2D eigenvalue weighted by molar-refractivity contribution is 0.193. The summed E-state index contributed by atoms with van der Waals surface area (Å²) in [6.07, 6.45) is 0.